The number of nitrogens with zero attached hydrogens (tertiary/aromatic N) is 2. The number of nitrogens with one attached hydrogen (secondary N) is 1. The SMILES string of the molecule is c1nc2ccc3o[nH]cc3c2n1. The fourth-order valence-corrected chi connectivity index (χ4v) is 1.35. The Labute approximate surface area is 67.2 Å². The van der Waals surface area contributed by atoms with Crippen molar-refractivity contribution in [2.75, 3.05) is 0 Å². The number of benzene rings is 1. The van der Waals surface area contributed by atoms with E-state index in [0.717, 1.165) is 22.0 Å². The Bertz CT molecular complexity index is 487. The first kappa shape index (κ1) is 5.77. The summed E-state index contributed by atoms with van der Waals surface area (Å²) in [6.45, 7) is 0. The minimum atomic E-state index is 0.808. The van der Waals surface area contributed by atoms with Crippen molar-refractivity contribution in [3.8, 4) is 0 Å². The normalized spacial score (nSPS) is 11.3. The third kappa shape index (κ3) is 0.567. The van der Waals surface area contributed by atoms with Gasteiger partial charge >= 0.3 is 0 Å². The quantitative estimate of drug-likeness (QED) is 0.543. The summed E-state index contributed by atoms with van der Waals surface area (Å²) in [5.41, 5.74) is 2.60. The molecule has 3 rings (SSSR count). The average molecular weight is 159 g/mol. The molecule has 0 fully saturated rings. The van der Waals surface area contributed by atoms with E-state index in [4.69, 9.17) is 4.52 Å². The zero-order chi connectivity index (χ0) is 7.97. The molecule has 0 amide bonds. The van der Waals surface area contributed by atoms with Crippen LogP contribution in [0.1, 0.15) is 0 Å². The molecule has 2 heterocycles. The maximum absolute atomic E-state index is 5.10. The summed E-state index contributed by atoms with van der Waals surface area (Å²) in [6, 6.07) is 3.77. The van der Waals surface area contributed by atoms with Gasteiger partial charge in [0.05, 0.1) is 10.9 Å². The van der Waals surface area contributed by atoms with Crippen LogP contribution in [0.4, 0.5) is 0 Å². The van der Waals surface area contributed by atoms with Crippen molar-refractivity contribution in [1.29, 1.82) is 0 Å². The van der Waals surface area contributed by atoms with Gasteiger partial charge in [-0.2, -0.15) is 0 Å². The molecule has 0 saturated heterocycles. The lowest BCUT2D eigenvalue weighted by Crippen LogP contribution is -1.69. The highest BCUT2D eigenvalue weighted by molar-refractivity contribution is 6.01. The van der Waals surface area contributed by atoms with Crippen LogP contribution in [-0.2, 0) is 0 Å². The van der Waals surface area contributed by atoms with Gasteiger partial charge in [-0.3, -0.25) is 0 Å². The van der Waals surface area contributed by atoms with Gasteiger partial charge in [0.15, 0.2) is 5.58 Å². The molecule has 58 valence electrons. The molecule has 1 N–H and O–H groups in total. The van der Waals surface area contributed by atoms with Crippen molar-refractivity contribution in [2.24, 2.45) is 0 Å². The maximum Gasteiger partial charge on any atom is 0.166 e. The number of H-pyrrole nitrogens is 1. The lowest BCUT2D eigenvalue weighted by molar-refractivity contribution is 0.456. The topological polar surface area (TPSA) is 54.7 Å². The van der Waals surface area contributed by atoms with E-state index in [9.17, 15) is 0 Å². The van der Waals surface area contributed by atoms with Crippen LogP contribution in [-0.4, -0.2) is 15.1 Å². The van der Waals surface area contributed by atoms with Gasteiger partial charge in [0.2, 0.25) is 0 Å². The summed E-state index contributed by atoms with van der Waals surface area (Å²) >= 11 is 0. The molecule has 12 heavy (non-hydrogen) atoms. The predicted octanol–water partition coefficient (Wildman–Crippen LogP) is 1.70. The van der Waals surface area contributed by atoms with Gasteiger partial charge in [0.1, 0.15) is 11.8 Å². The Morgan fingerprint density at radius 1 is 1.25 bits per heavy atom. The van der Waals surface area contributed by atoms with Gasteiger partial charge in [-0.05, 0) is 12.1 Å². The molecular formula is C8H5N3O. The van der Waals surface area contributed by atoms with Crippen molar-refractivity contribution in [3.63, 3.8) is 0 Å². The number of fused-ring (bicyclic) bond motifs is 3. The Hall–Kier alpha value is -1.84. The number of hydrogen-bond donors (Lipinski definition) is 1. The van der Waals surface area contributed by atoms with Gasteiger partial charge < -0.3 is 4.52 Å². The number of aromatic amines is 1. The minimum absolute atomic E-state index is 0.808. The molecule has 0 aliphatic carbocycles. The molecule has 0 atom stereocenters. The van der Waals surface area contributed by atoms with Crippen molar-refractivity contribution in [3.05, 3.63) is 24.7 Å². The van der Waals surface area contributed by atoms with E-state index >= 15 is 0 Å². The summed E-state index contributed by atoms with van der Waals surface area (Å²) in [5.74, 6) is 0. The molecule has 0 saturated carbocycles. The number of aromatic nitrogens is 3. The van der Waals surface area contributed by atoms with E-state index in [2.05, 4.69) is 15.1 Å². The van der Waals surface area contributed by atoms with E-state index in [1.165, 1.54) is 0 Å². The van der Waals surface area contributed by atoms with Crippen LogP contribution in [0.2, 0.25) is 0 Å². The highest BCUT2D eigenvalue weighted by Gasteiger charge is 2.04. The van der Waals surface area contributed by atoms with E-state index < -0.39 is 0 Å². The molecule has 3 aromatic rings. The molecule has 4 heteroatoms. The summed E-state index contributed by atoms with van der Waals surface area (Å²) in [6.07, 6.45) is 3.34. The fourth-order valence-electron chi connectivity index (χ4n) is 1.35. The monoisotopic (exact) mass is 159 g/mol. The highest BCUT2D eigenvalue weighted by Crippen LogP contribution is 2.21. The van der Waals surface area contributed by atoms with Crippen LogP contribution in [0, 0.1) is 0 Å². The molecule has 1 aromatic carbocycles. The third-order valence-corrected chi connectivity index (χ3v) is 1.91. The van der Waals surface area contributed by atoms with Crippen LogP contribution in [0.15, 0.2) is 29.2 Å². The average Bonchev–Trinajstić information content (AvgIpc) is 2.71. The highest BCUT2D eigenvalue weighted by atomic mass is 16.5. The number of hydrogen-bond acceptors (Lipinski definition) is 3. The third-order valence-electron chi connectivity index (χ3n) is 1.91. The van der Waals surface area contributed by atoms with Crippen molar-refractivity contribution < 1.29 is 4.52 Å². The molecule has 0 aliphatic rings. The van der Waals surface area contributed by atoms with Crippen LogP contribution < -0.4 is 0 Å². The second-order valence-electron chi connectivity index (χ2n) is 2.58. The van der Waals surface area contributed by atoms with Crippen molar-refractivity contribution in [1.82, 2.24) is 15.1 Å². The lowest BCUT2D eigenvalue weighted by Gasteiger charge is -1.86. The summed E-state index contributed by atoms with van der Waals surface area (Å²) in [5, 5.41) is 3.65. The number of rotatable bonds is 0. The molecule has 0 bridgehead atoms. The van der Waals surface area contributed by atoms with E-state index in [1.54, 1.807) is 12.5 Å². The summed E-state index contributed by atoms with van der Waals surface area (Å²) in [4.78, 5) is 8.21. The largest absolute Gasteiger partial charge is 0.382 e. The van der Waals surface area contributed by atoms with Crippen LogP contribution in [0.5, 0.6) is 0 Å². The molecular weight excluding hydrogens is 154 g/mol. The Balaban J connectivity index is 2.71. The van der Waals surface area contributed by atoms with Gasteiger partial charge in [-0.25, -0.2) is 15.1 Å². The van der Waals surface area contributed by atoms with Crippen LogP contribution >= 0.6 is 0 Å². The molecule has 2 aromatic heterocycles. The standard InChI is InChI=1S/C8H5N3O/c1-2-7-5(3-11-12-7)8-6(1)9-4-10-8/h1-4,11H. The van der Waals surface area contributed by atoms with E-state index in [-0.39, 0.29) is 0 Å². The maximum atomic E-state index is 5.10. The predicted molar refractivity (Wildman–Crippen MR) is 43.7 cm³/mol. The Morgan fingerprint density at radius 2 is 2.25 bits per heavy atom. The Morgan fingerprint density at radius 3 is 3.25 bits per heavy atom. The zero-order valence-corrected chi connectivity index (χ0v) is 6.11. The van der Waals surface area contributed by atoms with Crippen LogP contribution in [0.3, 0.4) is 0 Å². The molecule has 0 radical (unpaired) electrons. The van der Waals surface area contributed by atoms with E-state index in [1.807, 2.05) is 12.1 Å². The minimum Gasteiger partial charge on any atom is -0.382 e. The summed E-state index contributed by atoms with van der Waals surface area (Å²) < 4.78 is 5.10. The van der Waals surface area contributed by atoms with Gasteiger partial charge in [-0.1, -0.05) is 0 Å². The zero-order valence-electron chi connectivity index (χ0n) is 6.11. The first-order valence-corrected chi connectivity index (χ1v) is 3.61. The molecule has 4 nitrogen and oxygen atoms in total. The van der Waals surface area contributed by atoms with Crippen molar-refractivity contribution in [2.45, 2.75) is 0 Å². The van der Waals surface area contributed by atoms with E-state index in [0.29, 0.717) is 0 Å². The molecule has 0 spiro atoms. The summed E-state index contributed by atoms with van der Waals surface area (Å²) in [7, 11) is 0. The van der Waals surface area contributed by atoms with Gasteiger partial charge in [0.25, 0.3) is 0 Å². The smallest absolute Gasteiger partial charge is 0.166 e. The van der Waals surface area contributed by atoms with Crippen LogP contribution in [0.25, 0.3) is 22.0 Å². The molecule has 0 unspecified atom stereocenters. The van der Waals surface area contributed by atoms with Gasteiger partial charge in [-0.15, -0.1) is 0 Å². The first-order chi connectivity index (χ1) is 5.95. The first-order valence-electron chi connectivity index (χ1n) is 3.61. The second-order valence-corrected chi connectivity index (χ2v) is 2.58. The lowest BCUT2D eigenvalue weighted by atomic mass is 10.2. The number of imidazole rings is 1. The molecule has 0 aliphatic heterocycles. The van der Waals surface area contributed by atoms with Gasteiger partial charge in [0, 0.05) is 6.20 Å². The fraction of sp³-hybridized carbons (Fsp3) is 0. The Kier molecular flexibility index (Phi) is 0.889. The van der Waals surface area contributed by atoms with Crippen molar-refractivity contribution >= 4 is 22.0 Å². The second kappa shape index (κ2) is 1.85.